The van der Waals surface area contributed by atoms with E-state index in [1.165, 1.54) is 12.1 Å². The fourth-order valence-electron chi connectivity index (χ4n) is 3.21. The van der Waals surface area contributed by atoms with Gasteiger partial charge in [0, 0.05) is 55.6 Å². The highest BCUT2D eigenvalue weighted by Crippen LogP contribution is 2.25. The standard InChI is InChI=1S/C23H24FN5OS/c1-28-12-10-26-23(28)31-13-11-25-15-18-16-29(20-6-8-21(30-2)9-7-20)27-22(18)17-4-3-5-19(24)14-17/h3-10,12,14,16,25H,11,13,15H2,1-2H3. The molecule has 0 fully saturated rings. The molecule has 0 saturated carbocycles. The van der Waals surface area contributed by atoms with Crippen LogP contribution < -0.4 is 10.1 Å². The van der Waals surface area contributed by atoms with E-state index in [0.29, 0.717) is 6.54 Å². The second-order valence-electron chi connectivity index (χ2n) is 7.00. The fourth-order valence-corrected chi connectivity index (χ4v) is 4.04. The maximum absolute atomic E-state index is 13.8. The molecule has 31 heavy (non-hydrogen) atoms. The van der Waals surface area contributed by atoms with Crippen molar-refractivity contribution in [3.05, 3.63) is 78.5 Å². The van der Waals surface area contributed by atoms with Crippen LogP contribution in [0.3, 0.4) is 0 Å². The Morgan fingerprint density at radius 3 is 2.71 bits per heavy atom. The van der Waals surface area contributed by atoms with Gasteiger partial charge in [-0.2, -0.15) is 5.10 Å². The van der Waals surface area contributed by atoms with E-state index in [1.54, 1.807) is 31.1 Å². The molecule has 0 aliphatic carbocycles. The Balaban J connectivity index is 1.50. The van der Waals surface area contributed by atoms with E-state index in [4.69, 9.17) is 9.84 Å². The van der Waals surface area contributed by atoms with Gasteiger partial charge in [-0.15, -0.1) is 0 Å². The molecule has 8 heteroatoms. The van der Waals surface area contributed by atoms with E-state index in [-0.39, 0.29) is 5.82 Å². The maximum atomic E-state index is 13.8. The summed E-state index contributed by atoms with van der Waals surface area (Å²) in [5, 5.41) is 9.21. The normalized spacial score (nSPS) is 11.1. The first kappa shape index (κ1) is 21.1. The van der Waals surface area contributed by atoms with Gasteiger partial charge in [-0.1, -0.05) is 23.9 Å². The number of aromatic nitrogens is 4. The Morgan fingerprint density at radius 2 is 2.00 bits per heavy atom. The SMILES string of the molecule is COc1ccc(-n2cc(CNCCSc3nccn3C)c(-c3cccc(F)c3)n2)cc1. The van der Waals surface area contributed by atoms with Gasteiger partial charge in [0.2, 0.25) is 0 Å². The first-order chi connectivity index (χ1) is 15.1. The van der Waals surface area contributed by atoms with Gasteiger partial charge >= 0.3 is 0 Å². The Bertz CT molecular complexity index is 1140. The number of methoxy groups -OCH3 is 1. The predicted octanol–water partition coefficient (Wildman–Crippen LogP) is 4.30. The van der Waals surface area contributed by atoms with Crippen LogP contribution in [0, 0.1) is 5.82 Å². The highest BCUT2D eigenvalue weighted by atomic mass is 32.2. The highest BCUT2D eigenvalue weighted by Gasteiger charge is 2.13. The number of hydrogen-bond donors (Lipinski definition) is 1. The van der Waals surface area contributed by atoms with Crippen LogP contribution in [0.2, 0.25) is 0 Å². The number of nitrogens with zero attached hydrogens (tertiary/aromatic N) is 4. The monoisotopic (exact) mass is 437 g/mol. The van der Waals surface area contributed by atoms with Crippen molar-refractivity contribution in [2.75, 3.05) is 19.4 Å². The van der Waals surface area contributed by atoms with Crippen LogP contribution in [0.5, 0.6) is 5.75 Å². The van der Waals surface area contributed by atoms with Gasteiger partial charge < -0.3 is 14.6 Å². The van der Waals surface area contributed by atoms with Crippen molar-refractivity contribution in [3.8, 4) is 22.7 Å². The van der Waals surface area contributed by atoms with Crippen molar-refractivity contribution in [2.45, 2.75) is 11.7 Å². The lowest BCUT2D eigenvalue weighted by atomic mass is 10.1. The van der Waals surface area contributed by atoms with Crippen molar-refractivity contribution in [1.29, 1.82) is 0 Å². The minimum Gasteiger partial charge on any atom is -0.497 e. The van der Waals surface area contributed by atoms with E-state index in [9.17, 15) is 4.39 Å². The van der Waals surface area contributed by atoms with Crippen LogP contribution in [0.4, 0.5) is 4.39 Å². The van der Waals surface area contributed by atoms with Gasteiger partial charge in [0.05, 0.1) is 18.5 Å². The number of nitrogens with one attached hydrogen (secondary N) is 1. The summed E-state index contributed by atoms with van der Waals surface area (Å²) in [6.07, 6.45) is 5.73. The predicted molar refractivity (Wildman–Crippen MR) is 121 cm³/mol. The van der Waals surface area contributed by atoms with Gasteiger partial charge in [-0.25, -0.2) is 14.1 Å². The quantitative estimate of drug-likeness (QED) is 0.313. The first-order valence-corrected chi connectivity index (χ1v) is 10.9. The summed E-state index contributed by atoms with van der Waals surface area (Å²) in [6.45, 7) is 1.44. The lowest BCUT2D eigenvalue weighted by Crippen LogP contribution is -2.17. The summed E-state index contributed by atoms with van der Waals surface area (Å²) >= 11 is 1.70. The molecule has 0 atom stereocenters. The Kier molecular flexibility index (Phi) is 6.69. The molecule has 0 aliphatic heterocycles. The summed E-state index contributed by atoms with van der Waals surface area (Å²) in [6, 6.07) is 14.2. The topological polar surface area (TPSA) is 56.9 Å². The lowest BCUT2D eigenvalue weighted by Gasteiger charge is -2.06. The van der Waals surface area contributed by atoms with Crippen molar-refractivity contribution in [1.82, 2.24) is 24.6 Å². The van der Waals surface area contributed by atoms with Crippen LogP contribution in [-0.2, 0) is 13.6 Å². The number of aryl methyl sites for hydroxylation is 1. The van der Waals surface area contributed by atoms with E-state index in [0.717, 1.165) is 45.7 Å². The van der Waals surface area contributed by atoms with E-state index < -0.39 is 0 Å². The zero-order valence-corrected chi connectivity index (χ0v) is 18.3. The number of ether oxygens (including phenoxy) is 1. The molecule has 0 radical (unpaired) electrons. The van der Waals surface area contributed by atoms with Crippen LogP contribution >= 0.6 is 11.8 Å². The lowest BCUT2D eigenvalue weighted by molar-refractivity contribution is 0.414. The first-order valence-electron chi connectivity index (χ1n) is 9.94. The van der Waals surface area contributed by atoms with Crippen molar-refractivity contribution >= 4 is 11.8 Å². The molecule has 1 N–H and O–H groups in total. The molecule has 0 saturated heterocycles. The smallest absolute Gasteiger partial charge is 0.167 e. The van der Waals surface area contributed by atoms with E-state index in [1.807, 2.05) is 59.0 Å². The van der Waals surface area contributed by atoms with Crippen LogP contribution in [0.15, 0.2) is 72.3 Å². The minimum atomic E-state index is -0.276. The minimum absolute atomic E-state index is 0.276. The summed E-state index contributed by atoms with van der Waals surface area (Å²) < 4.78 is 22.9. The van der Waals surface area contributed by atoms with Crippen LogP contribution in [0.1, 0.15) is 5.56 Å². The molecule has 4 rings (SSSR count). The third-order valence-electron chi connectivity index (χ3n) is 4.83. The molecule has 6 nitrogen and oxygen atoms in total. The largest absolute Gasteiger partial charge is 0.497 e. The summed E-state index contributed by atoms with van der Waals surface area (Å²) in [5.41, 5.74) is 3.43. The molecule has 0 unspecified atom stereocenters. The molecule has 0 amide bonds. The van der Waals surface area contributed by atoms with E-state index in [2.05, 4.69) is 10.3 Å². The second kappa shape index (κ2) is 9.80. The van der Waals surface area contributed by atoms with Crippen LogP contribution in [0.25, 0.3) is 16.9 Å². The van der Waals surface area contributed by atoms with Crippen molar-refractivity contribution in [2.24, 2.45) is 7.05 Å². The zero-order valence-electron chi connectivity index (χ0n) is 17.5. The molecule has 2 heterocycles. The molecule has 0 bridgehead atoms. The number of halogens is 1. The number of imidazole rings is 1. The third-order valence-corrected chi connectivity index (χ3v) is 5.89. The molecular weight excluding hydrogens is 413 g/mol. The Labute approximate surface area is 185 Å². The second-order valence-corrected chi connectivity index (χ2v) is 8.06. The Hall–Kier alpha value is -3.10. The van der Waals surface area contributed by atoms with Crippen LogP contribution in [-0.4, -0.2) is 38.7 Å². The van der Waals surface area contributed by atoms with Crippen molar-refractivity contribution < 1.29 is 9.13 Å². The molecular formula is C23H24FN5OS. The summed E-state index contributed by atoms with van der Waals surface area (Å²) in [4.78, 5) is 4.32. The molecule has 0 aliphatic rings. The fraction of sp³-hybridized carbons (Fsp3) is 0.217. The average Bonchev–Trinajstić information content (AvgIpc) is 3.40. The van der Waals surface area contributed by atoms with Gasteiger partial charge in [0.25, 0.3) is 0 Å². The van der Waals surface area contributed by atoms with Gasteiger partial charge in [0.15, 0.2) is 5.16 Å². The van der Waals surface area contributed by atoms with E-state index >= 15 is 0 Å². The maximum Gasteiger partial charge on any atom is 0.167 e. The van der Waals surface area contributed by atoms with Crippen molar-refractivity contribution in [3.63, 3.8) is 0 Å². The van der Waals surface area contributed by atoms with Gasteiger partial charge in [-0.05, 0) is 36.4 Å². The number of hydrogen-bond acceptors (Lipinski definition) is 5. The van der Waals surface area contributed by atoms with Gasteiger partial charge in [-0.3, -0.25) is 0 Å². The number of rotatable bonds is 9. The molecule has 2 aromatic heterocycles. The average molecular weight is 438 g/mol. The Morgan fingerprint density at radius 1 is 1.16 bits per heavy atom. The number of thioether (sulfide) groups is 1. The number of benzene rings is 2. The summed E-state index contributed by atoms with van der Waals surface area (Å²) in [5.74, 6) is 1.41. The third kappa shape index (κ3) is 5.15. The molecule has 4 aromatic rings. The summed E-state index contributed by atoms with van der Waals surface area (Å²) in [7, 11) is 3.63. The highest BCUT2D eigenvalue weighted by molar-refractivity contribution is 7.99. The molecule has 160 valence electrons. The zero-order chi connectivity index (χ0) is 21.6. The molecule has 0 spiro atoms. The van der Waals surface area contributed by atoms with Gasteiger partial charge in [0.1, 0.15) is 11.6 Å². The molecule has 2 aromatic carbocycles.